The Morgan fingerprint density at radius 3 is 2.37 bits per heavy atom. The first-order valence-corrected chi connectivity index (χ1v) is 10.3. The average molecular weight is 422 g/mol. The molecule has 0 saturated carbocycles. The summed E-state index contributed by atoms with van der Waals surface area (Å²) in [7, 11) is 3.09. The molecule has 166 valence electrons. The van der Waals surface area contributed by atoms with Gasteiger partial charge in [0.05, 0.1) is 19.8 Å². The van der Waals surface area contributed by atoms with Crippen molar-refractivity contribution in [3.63, 3.8) is 0 Å². The van der Waals surface area contributed by atoms with E-state index in [-0.39, 0.29) is 11.7 Å². The van der Waals surface area contributed by atoms with Crippen LogP contribution < -0.4 is 11.2 Å². The third-order valence-electron chi connectivity index (χ3n) is 5.35. The van der Waals surface area contributed by atoms with Gasteiger partial charge in [0.2, 0.25) is 0 Å². The molecule has 0 bridgehead atoms. The third kappa shape index (κ3) is 4.26. The highest BCUT2D eigenvalue weighted by Gasteiger charge is 2.25. The minimum atomic E-state index is -0.406. The van der Waals surface area contributed by atoms with E-state index in [9.17, 15) is 14.4 Å². The third-order valence-corrected chi connectivity index (χ3v) is 5.35. The van der Waals surface area contributed by atoms with Crippen LogP contribution in [0.3, 0.4) is 0 Å². The molecule has 1 amide bonds. The van der Waals surface area contributed by atoms with Gasteiger partial charge in [-0.05, 0) is 13.8 Å². The van der Waals surface area contributed by atoms with E-state index in [0.29, 0.717) is 76.1 Å². The van der Waals surface area contributed by atoms with Crippen molar-refractivity contribution >= 4 is 17.3 Å². The van der Waals surface area contributed by atoms with E-state index in [4.69, 9.17) is 9.47 Å². The first kappa shape index (κ1) is 22.0. The van der Waals surface area contributed by atoms with E-state index in [1.165, 1.54) is 11.6 Å². The molecule has 0 aromatic carbocycles. The van der Waals surface area contributed by atoms with Crippen molar-refractivity contribution in [2.24, 2.45) is 14.1 Å². The van der Waals surface area contributed by atoms with Gasteiger partial charge < -0.3 is 18.9 Å². The van der Waals surface area contributed by atoms with Gasteiger partial charge >= 0.3 is 11.8 Å². The Morgan fingerprint density at radius 2 is 1.73 bits per heavy atom. The van der Waals surface area contributed by atoms with Crippen molar-refractivity contribution < 1.29 is 14.3 Å². The lowest BCUT2D eigenvalue weighted by Crippen LogP contribution is -2.48. The van der Waals surface area contributed by atoms with E-state index < -0.39 is 5.69 Å². The van der Waals surface area contributed by atoms with Crippen molar-refractivity contribution in [2.45, 2.75) is 26.9 Å². The molecule has 3 heterocycles. The SMILES string of the molecule is CCOCCn1c(CN2CCN(C(=O)OCC)CC2)nc2c1c(=O)n(C)c(=O)n2C. The second kappa shape index (κ2) is 9.43. The minimum absolute atomic E-state index is 0.292. The number of aryl methyl sites for hydroxylation is 1. The number of carbonyl (C=O) groups is 1. The lowest BCUT2D eigenvalue weighted by Gasteiger charge is -2.33. The van der Waals surface area contributed by atoms with Crippen molar-refractivity contribution in [1.29, 1.82) is 0 Å². The summed E-state index contributed by atoms with van der Waals surface area (Å²) in [6, 6.07) is 0. The number of nitrogens with zero attached hydrogens (tertiary/aromatic N) is 6. The zero-order valence-corrected chi connectivity index (χ0v) is 18.1. The highest BCUT2D eigenvalue weighted by molar-refractivity contribution is 5.71. The smallest absolute Gasteiger partial charge is 0.409 e. The van der Waals surface area contributed by atoms with Crippen molar-refractivity contribution in [3.8, 4) is 0 Å². The van der Waals surface area contributed by atoms with Crippen LogP contribution >= 0.6 is 0 Å². The van der Waals surface area contributed by atoms with E-state index >= 15 is 0 Å². The Labute approximate surface area is 174 Å². The summed E-state index contributed by atoms with van der Waals surface area (Å²) < 4.78 is 14.9. The fourth-order valence-corrected chi connectivity index (χ4v) is 3.66. The monoisotopic (exact) mass is 422 g/mol. The van der Waals surface area contributed by atoms with Crippen LogP contribution in [0.5, 0.6) is 0 Å². The second-order valence-electron chi connectivity index (χ2n) is 7.22. The summed E-state index contributed by atoms with van der Waals surface area (Å²) in [6.07, 6.45) is -0.292. The molecule has 2 aromatic heterocycles. The molecule has 0 atom stereocenters. The first-order valence-electron chi connectivity index (χ1n) is 10.3. The van der Waals surface area contributed by atoms with Crippen LogP contribution in [0.1, 0.15) is 19.7 Å². The van der Waals surface area contributed by atoms with Crippen LogP contribution in [-0.4, -0.2) is 80.6 Å². The van der Waals surface area contributed by atoms with E-state index in [1.807, 2.05) is 11.5 Å². The maximum Gasteiger partial charge on any atom is 0.409 e. The maximum absolute atomic E-state index is 12.8. The molecule has 1 aliphatic heterocycles. The average Bonchev–Trinajstić information content (AvgIpc) is 3.10. The van der Waals surface area contributed by atoms with Crippen LogP contribution in [0, 0.1) is 0 Å². The Hall–Kier alpha value is -2.66. The standard InChI is InChI=1S/C19H30N6O5/c1-5-29-12-11-25-14(13-23-7-9-24(10-8-23)19(28)30-6-2)20-16-15(25)17(26)22(4)18(27)21(16)3/h5-13H2,1-4H3. The van der Waals surface area contributed by atoms with Gasteiger partial charge in [-0.25, -0.2) is 14.6 Å². The van der Waals surface area contributed by atoms with Crippen LogP contribution in [0.2, 0.25) is 0 Å². The lowest BCUT2D eigenvalue weighted by molar-refractivity contribution is 0.0766. The number of fused-ring (bicyclic) bond motifs is 1. The predicted molar refractivity (Wildman–Crippen MR) is 111 cm³/mol. The molecule has 0 unspecified atom stereocenters. The normalized spacial score (nSPS) is 15.1. The van der Waals surface area contributed by atoms with Crippen LogP contribution in [0.4, 0.5) is 4.79 Å². The minimum Gasteiger partial charge on any atom is -0.450 e. The Morgan fingerprint density at radius 1 is 1.03 bits per heavy atom. The molecule has 0 aliphatic carbocycles. The molecule has 3 rings (SSSR count). The van der Waals surface area contributed by atoms with Gasteiger partial charge in [-0.3, -0.25) is 18.8 Å². The van der Waals surface area contributed by atoms with Crippen molar-refractivity contribution in [3.05, 3.63) is 26.7 Å². The van der Waals surface area contributed by atoms with Gasteiger partial charge in [-0.1, -0.05) is 0 Å². The quantitative estimate of drug-likeness (QED) is 0.567. The molecule has 11 nitrogen and oxygen atoms in total. The van der Waals surface area contributed by atoms with Gasteiger partial charge in [-0.2, -0.15) is 0 Å². The lowest BCUT2D eigenvalue weighted by atomic mass is 10.3. The first-order chi connectivity index (χ1) is 14.4. The summed E-state index contributed by atoms with van der Waals surface area (Å²) in [6.45, 7) is 8.54. The molecular formula is C19H30N6O5. The zero-order chi connectivity index (χ0) is 21.8. The molecule has 1 aliphatic rings. The molecular weight excluding hydrogens is 392 g/mol. The van der Waals surface area contributed by atoms with Crippen molar-refractivity contribution in [2.75, 3.05) is 46.0 Å². The largest absolute Gasteiger partial charge is 0.450 e. The fraction of sp³-hybridized carbons (Fsp3) is 0.684. The maximum atomic E-state index is 12.8. The fourth-order valence-electron chi connectivity index (χ4n) is 3.66. The van der Waals surface area contributed by atoms with Gasteiger partial charge in [-0.15, -0.1) is 0 Å². The topological polar surface area (TPSA) is 104 Å². The Balaban J connectivity index is 1.88. The van der Waals surface area contributed by atoms with Crippen LogP contribution in [0.25, 0.3) is 11.2 Å². The summed E-state index contributed by atoms with van der Waals surface area (Å²) in [5, 5.41) is 0. The number of rotatable bonds is 7. The number of ether oxygens (including phenoxy) is 2. The molecule has 0 spiro atoms. The van der Waals surface area contributed by atoms with Crippen LogP contribution in [0.15, 0.2) is 9.59 Å². The number of piperazine rings is 1. The van der Waals surface area contributed by atoms with Crippen molar-refractivity contribution in [1.82, 2.24) is 28.5 Å². The number of amides is 1. The summed E-state index contributed by atoms with van der Waals surface area (Å²) >= 11 is 0. The second-order valence-corrected chi connectivity index (χ2v) is 7.22. The number of hydrogen-bond donors (Lipinski definition) is 0. The summed E-state index contributed by atoms with van der Waals surface area (Å²) in [5.41, 5.74) is 0.00579. The molecule has 1 fully saturated rings. The number of imidazole rings is 1. The van der Waals surface area contributed by atoms with Gasteiger partial charge in [0.25, 0.3) is 5.56 Å². The zero-order valence-electron chi connectivity index (χ0n) is 18.1. The summed E-state index contributed by atoms with van der Waals surface area (Å²) in [5.74, 6) is 0.701. The van der Waals surface area contributed by atoms with E-state index in [0.717, 1.165) is 4.57 Å². The Bertz CT molecular complexity index is 1020. The number of carbonyl (C=O) groups excluding carboxylic acids is 1. The molecule has 0 radical (unpaired) electrons. The number of aromatic nitrogens is 4. The molecule has 30 heavy (non-hydrogen) atoms. The molecule has 11 heteroatoms. The van der Waals surface area contributed by atoms with Crippen LogP contribution in [-0.2, 0) is 36.7 Å². The predicted octanol–water partition coefficient (Wildman–Crippen LogP) is -0.256. The Kier molecular flexibility index (Phi) is 6.93. The van der Waals surface area contributed by atoms with Gasteiger partial charge in [0.1, 0.15) is 5.82 Å². The molecule has 0 N–H and O–H groups in total. The van der Waals surface area contributed by atoms with E-state index in [2.05, 4.69) is 9.88 Å². The van der Waals surface area contributed by atoms with Gasteiger partial charge in [0.15, 0.2) is 11.2 Å². The van der Waals surface area contributed by atoms with Gasteiger partial charge in [0, 0.05) is 53.4 Å². The van der Waals surface area contributed by atoms with E-state index in [1.54, 1.807) is 18.9 Å². The number of hydrogen-bond acceptors (Lipinski definition) is 7. The highest BCUT2D eigenvalue weighted by Crippen LogP contribution is 2.15. The molecule has 2 aromatic rings. The molecule has 1 saturated heterocycles. The highest BCUT2D eigenvalue weighted by atomic mass is 16.6. The summed E-state index contributed by atoms with van der Waals surface area (Å²) in [4.78, 5) is 45.6.